The standard InChI is InChI=1S/C15H15N3O2S/c1-9(19)10-5-6-16-14(7-10)21-15-17-12-4-3-11(20-2)8-13(12)18-15/h3-9,19H,1-2H3,(H,17,18)/t9-/m0/s1. The quantitative estimate of drug-likeness (QED) is 0.774. The van der Waals surface area contributed by atoms with Crippen LogP contribution >= 0.6 is 11.8 Å². The van der Waals surface area contributed by atoms with Crippen molar-refractivity contribution in [3.63, 3.8) is 0 Å². The predicted molar refractivity (Wildman–Crippen MR) is 81.6 cm³/mol. The number of aliphatic hydroxyl groups is 1. The highest BCUT2D eigenvalue weighted by atomic mass is 32.2. The summed E-state index contributed by atoms with van der Waals surface area (Å²) in [5.74, 6) is 0.789. The van der Waals surface area contributed by atoms with E-state index in [1.807, 2.05) is 24.3 Å². The summed E-state index contributed by atoms with van der Waals surface area (Å²) in [6, 6.07) is 9.37. The van der Waals surface area contributed by atoms with Gasteiger partial charge in [-0.1, -0.05) is 0 Å². The molecule has 2 aromatic heterocycles. The van der Waals surface area contributed by atoms with Crippen LogP contribution in [0.5, 0.6) is 5.75 Å². The second-order valence-corrected chi connectivity index (χ2v) is 5.64. The number of fused-ring (bicyclic) bond motifs is 1. The molecule has 1 atom stereocenters. The molecule has 1 aromatic carbocycles. The smallest absolute Gasteiger partial charge is 0.172 e. The first-order chi connectivity index (χ1) is 10.2. The summed E-state index contributed by atoms with van der Waals surface area (Å²) >= 11 is 1.43. The van der Waals surface area contributed by atoms with E-state index in [9.17, 15) is 5.11 Å². The van der Waals surface area contributed by atoms with Crippen LogP contribution in [0.15, 0.2) is 46.7 Å². The van der Waals surface area contributed by atoms with Crippen molar-refractivity contribution < 1.29 is 9.84 Å². The largest absolute Gasteiger partial charge is 0.497 e. The zero-order chi connectivity index (χ0) is 14.8. The van der Waals surface area contributed by atoms with Gasteiger partial charge in [-0.2, -0.15) is 0 Å². The Balaban J connectivity index is 1.89. The van der Waals surface area contributed by atoms with Gasteiger partial charge in [-0.05, 0) is 48.5 Å². The molecule has 0 spiro atoms. The van der Waals surface area contributed by atoms with E-state index in [1.54, 1.807) is 26.3 Å². The molecule has 6 heteroatoms. The van der Waals surface area contributed by atoms with Crippen LogP contribution < -0.4 is 4.74 Å². The van der Waals surface area contributed by atoms with Crippen LogP contribution in [-0.4, -0.2) is 27.2 Å². The van der Waals surface area contributed by atoms with Gasteiger partial charge in [0, 0.05) is 12.3 Å². The molecule has 2 N–H and O–H groups in total. The number of hydrogen-bond donors (Lipinski definition) is 2. The fraction of sp³-hybridized carbons (Fsp3) is 0.200. The maximum atomic E-state index is 9.61. The van der Waals surface area contributed by atoms with E-state index in [1.165, 1.54) is 11.8 Å². The minimum absolute atomic E-state index is 0.507. The van der Waals surface area contributed by atoms with Gasteiger partial charge in [0.05, 0.1) is 24.2 Å². The van der Waals surface area contributed by atoms with E-state index < -0.39 is 6.10 Å². The van der Waals surface area contributed by atoms with Crippen LogP contribution in [0.4, 0.5) is 0 Å². The first-order valence-electron chi connectivity index (χ1n) is 6.51. The molecule has 0 saturated heterocycles. The molecular formula is C15H15N3O2S. The summed E-state index contributed by atoms with van der Waals surface area (Å²) in [5, 5.41) is 11.2. The number of nitrogens with zero attached hydrogens (tertiary/aromatic N) is 2. The highest BCUT2D eigenvalue weighted by molar-refractivity contribution is 7.99. The van der Waals surface area contributed by atoms with Gasteiger partial charge in [0.2, 0.25) is 0 Å². The first-order valence-corrected chi connectivity index (χ1v) is 7.33. The summed E-state index contributed by atoms with van der Waals surface area (Å²) in [6.45, 7) is 1.73. The normalized spacial score (nSPS) is 12.5. The molecule has 0 amide bonds. The average molecular weight is 301 g/mol. The van der Waals surface area contributed by atoms with Crippen LogP contribution in [0, 0.1) is 0 Å². The maximum Gasteiger partial charge on any atom is 0.172 e. The molecule has 0 aliphatic carbocycles. The van der Waals surface area contributed by atoms with E-state index in [4.69, 9.17) is 4.74 Å². The van der Waals surface area contributed by atoms with Gasteiger partial charge in [-0.3, -0.25) is 0 Å². The minimum atomic E-state index is -0.507. The highest BCUT2D eigenvalue weighted by Gasteiger charge is 2.08. The van der Waals surface area contributed by atoms with Crippen molar-refractivity contribution >= 4 is 22.8 Å². The fourth-order valence-corrected chi connectivity index (χ4v) is 2.79. The molecule has 0 aliphatic rings. The summed E-state index contributed by atoms with van der Waals surface area (Å²) in [4.78, 5) is 12.0. The van der Waals surface area contributed by atoms with E-state index in [2.05, 4.69) is 15.0 Å². The van der Waals surface area contributed by atoms with Gasteiger partial charge in [0.25, 0.3) is 0 Å². The second-order valence-electron chi connectivity index (χ2n) is 4.63. The zero-order valence-corrected chi connectivity index (χ0v) is 12.5. The number of nitrogens with one attached hydrogen (secondary N) is 1. The lowest BCUT2D eigenvalue weighted by molar-refractivity contribution is 0.199. The molecular weight excluding hydrogens is 286 g/mol. The number of H-pyrrole nitrogens is 1. The van der Waals surface area contributed by atoms with Gasteiger partial charge in [0.15, 0.2) is 5.16 Å². The summed E-state index contributed by atoms with van der Waals surface area (Å²) < 4.78 is 5.20. The lowest BCUT2D eigenvalue weighted by Crippen LogP contribution is -1.92. The Morgan fingerprint density at radius 3 is 2.90 bits per heavy atom. The molecule has 3 rings (SSSR count). The van der Waals surface area contributed by atoms with Crippen molar-refractivity contribution in [1.29, 1.82) is 0 Å². The number of imidazole rings is 1. The molecule has 2 heterocycles. The average Bonchev–Trinajstić information content (AvgIpc) is 2.88. The predicted octanol–water partition coefficient (Wildman–Crippen LogP) is 3.17. The number of ether oxygens (including phenoxy) is 1. The van der Waals surface area contributed by atoms with Gasteiger partial charge in [-0.25, -0.2) is 9.97 Å². The van der Waals surface area contributed by atoms with E-state index in [0.717, 1.165) is 32.5 Å². The van der Waals surface area contributed by atoms with Crippen molar-refractivity contribution in [3.8, 4) is 5.75 Å². The van der Waals surface area contributed by atoms with Crippen LogP contribution in [0.25, 0.3) is 11.0 Å². The molecule has 0 fully saturated rings. The zero-order valence-electron chi connectivity index (χ0n) is 11.7. The first kappa shape index (κ1) is 13.9. The van der Waals surface area contributed by atoms with E-state index in [0.29, 0.717) is 0 Å². The van der Waals surface area contributed by atoms with Crippen LogP contribution in [0.2, 0.25) is 0 Å². The van der Waals surface area contributed by atoms with Crippen molar-refractivity contribution in [1.82, 2.24) is 15.0 Å². The Hall–Kier alpha value is -2.05. The Morgan fingerprint density at radius 1 is 1.29 bits per heavy atom. The number of rotatable bonds is 4. The monoisotopic (exact) mass is 301 g/mol. The Bertz CT molecular complexity index is 770. The number of aromatic amines is 1. The van der Waals surface area contributed by atoms with Crippen molar-refractivity contribution in [3.05, 3.63) is 42.1 Å². The third kappa shape index (κ3) is 3.01. The highest BCUT2D eigenvalue weighted by Crippen LogP contribution is 2.28. The van der Waals surface area contributed by atoms with Crippen LogP contribution in [0.3, 0.4) is 0 Å². The molecule has 0 bridgehead atoms. The molecule has 5 nitrogen and oxygen atoms in total. The van der Waals surface area contributed by atoms with Crippen LogP contribution in [-0.2, 0) is 0 Å². The topological polar surface area (TPSA) is 71.0 Å². The lowest BCUT2D eigenvalue weighted by atomic mass is 10.2. The second kappa shape index (κ2) is 5.75. The molecule has 21 heavy (non-hydrogen) atoms. The third-order valence-electron chi connectivity index (χ3n) is 3.11. The number of pyridine rings is 1. The maximum absolute atomic E-state index is 9.61. The number of aromatic nitrogens is 3. The molecule has 0 saturated carbocycles. The molecule has 0 aliphatic heterocycles. The third-order valence-corrected chi connectivity index (χ3v) is 3.93. The fourth-order valence-electron chi connectivity index (χ4n) is 1.98. The van der Waals surface area contributed by atoms with E-state index in [-0.39, 0.29) is 0 Å². The SMILES string of the molecule is COc1ccc2nc(Sc3cc([C@H](C)O)ccn3)[nH]c2c1. The Labute approximate surface area is 126 Å². The van der Waals surface area contributed by atoms with Crippen molar-refractivity contribution in [2.45, 2.75) is 23.2 Å². The van der Waals surface area contributed by atoms with Gasteiger partial charge < -0.3 is 14.8 Å². The van der Waals surface area contributed by atoms with Gasteiger partial charge >= 0.3 is 0 Å². The number of benzene rings is 1. The molecule has 3 aromatic rings. The van der Waals surface area contributed by atoms with Gasteiger partial charge in [-0.15, -0.1) is 0 Å². The van der Waals surface area contributed by atoms with E-state index >= 15 is 0 Å². The Morgan fingerprint density at radius 2 is 2.14 bits per heavy atom. The number of aliphatic hydroxyl groups excluding tert-OH is 1. The molecule has 0 radical (unpaired) electrons. The molecule has 0 unspecified atom stereocenters. The minimum Gasteiger partial charge on any atom is -0.497 e. The summed E-state index contributed by atoms with van der Waals surface area (Å²) in [7, 11) is 1.64. The van der Waals surface area contributed by atoms with Crippen molar-refractivity contribution in [2.75, 3.05) is 7.11 Å². The molecule has 108 valence electrons. The Kier molecular flexibility index (Phi) is 3.81. The number of methoxy groups -OCH3 is 1. The summed E-state index contributed by atoms with van der Waals surface area (Å²) in [5.41, 5.74) is 2.64. The lowest BCUT2D eigenvalue weighted by Gasteiger charge is -2.05. The van der Waals surface area contributed by atoms with Crippen molar-refractivity contribution in [2.24, 2.45) is 0 Å². The number of hydrogen-bond acceptors (Lipinski definition) is 5. The van der Waals surface area contributed by atoms with Crippen LogP contribution in [0.1, 0.15) is 18.6 Å². The van der Waals surface area contributed by atoms with Gasteiger partial charge in [0.1, 0.15) is 10.8 Å². The summed E-state index contributed by atoms with van der Waals surface area (Å²) in [6.07, 6.45) is 1.18.